The Morgan fingerprint density at radius 1 is 1.13 bits per heavy atom. The second-order valence-corrected chi connectivity index (χ2v) is 7.37. The number of carbonyl (C=O) groups excluding carboxylic acids is 1. The van der Waals surface area contributed by atoms with Crippen molar-refractivity contribution >= 4 is 34.6 Å². The Morgan fingerprint density at radius 3 is 2.77 bits per heavy atom. The molecular formula is C21H16F3N5O2. The molecule has 0 radical (unpaired) electrons. The summed E-state index contributed by atoms with van der Waals surface area (Å²) in [4.78, 5) is 29.6. The maximum Gasteiger partial charge on any atom is 0.416 e. The second-order valence-electron chi connectivity index (χ2n) is 7.37. The number of oxazole rings is 1. The number of carbonyl (C=O) groups is 1. The first kappa shape index (κ1) is 19.4. The number of rotatable bonds is 2. The van der Waals surface area contributed by atoms with E-state index < -0.39 is 23.7 Å². The first-order valence-electron chi connectivity index (χ1n) is 9.72. The summed E-state index contributed by atoms with van der Waals surface area (Å²) in [7, 11) is 0. The monoisotopic (exact) mass is 427 g/mol. The molecule has 2 aromatic heterocycles. The van der Waals surface area contributed by atoms with Crippen LogP contribution in [0.4, 0.5) is 19.2 Å². The molecule has 1 N–H and O–H groups in total. The van der Waals surface area contributed by atoms with Crippen LogP contribution in [0.1, 0.15) is 36.4 Å². The number of fused-ring (bicyclic) bond motifs is 2. The van der Waals surface area contributed by atoms with Crippen molar-refractivity contribution in [2.75, 3.05) is 5.32 Å². The van der Waals surface area contributed by atoms with Gasteiger partial charge in [-0.1, -0.05) is 12.1 Å². The summed E-state index contributed by atoms with van der Waals surface area (Å²) in [5.41, 5.74) is 0.648. The Labute approximate surface area is 174 Å². The number of ketones is 1. The molecule has 5 rings (SSSR count). The van der Waals surface area contributed by atoms with Crippen LogP contribution in [0.2, 0.25) is 0 Å². The molecule has 0 saturated heterocycles. The van der Waals surface area contributed by atoms with Gasteiger partial charge in [0.05, 0.1) is 17.5 Å². The first-order valence-corrected chi connectivity index (χ1v) is 9.72. The number of benzene rings is 1. The van der Waals surface area contributed by atoms with Crippen molar-refractivity contribution in [3.8, 4) is 0 Å². The highest BCUT2D eigenvalue weighted by molar-refractivity contribution is 6.14. The third kappa shape index (κ3) is 3.58. The molecule has 1 fully saturated rings. The van der Waals surface area contributed by atoms with E-state index in [1.165, 1.54) is 0 Å². The zero-order chi connectivity index (χ0) is 21.6. The van der Waals surface area contributed by atoms with Crippen molar-refractivity contribution in [1.29, 1.82) is 0 Å². The summed E-state index contributed by atoms with van der Waals surface area (Å²) >= 11 is 0. The van der Waals surface area contributed by atoms with E-state index in [1.54, 1.807) is 18.2 Å². The van der Waals surface area contributed by atoms with Crippen LogP contribution in [0.15, 0.2) is 57.1 Å². The standard InChI is InChI=1S/C21H16F3N5O2/c22-21(23,24)12-8-9-25-10-11(12)18-17-14(5-3-6-15(17)30)26-19(28-18)29-20-27-13-4-1-2-7-16(13)31-20/h1-2,4,7-10,17-18H,3,5-6H2,(H,27,28,29). The van der Waals surface area contributed by atoms with Gasteiger partial charge in [-0.05, 0) is 31.0 Å². The van der Waals surface area contributed by atoms with Gasteiger partial charge >= 0.3 is 12.2 Å². The lowest BCUT2D eigenvalue weighted by Gasteiger charge is -2.32. The van der Waals surface area contributed by atoms with Crippen molar-refractivity contribution in [2.45, 2.75) is 31.5 Å². The molecule has 0 amide bonds. The number of aromatic nitrogens is 2. The highest BCUT2D eigenvalue weighted by Crippen LogP contribution is 2.42. The Balaban J connectivity index is 1.58. The maximum absolute atomic E-state index is 13.7. The number of alkyl halides is 3. The van der Waals surface area contributed by atoms with Gasteiger partial charge in [-0.25, -0.2) is 9.98 Å². The zero-order valence-corrected chi connectivity index (χ0v) is 16.1. The van der Waals surface area contributed by atoms with Crippen molar-refractivity contribution < 1.29 is 22.4 Å². The zero-order valence-electron chi connectivity index (χ0n) is 16.1. The molecule has 7 nitrogen and oxygen atoms in total. The Hall–Kier alpha value is -3.56. The molecule has 2 atom stereocenters. The van der Waals surface area contributed by atoms with Gasteiger partial charge < -0.3 is 4.42 Å². The van der Waals surface area contributed by atoms with Crippen LogP contribution in [-0.2, 0) is 11.0 Å². The van der Waals surface area contributed by atoms with Crippen molar-refractivity contribution in [2.24, 2.45) is 15.9 Å². The molecule has 2 aliphatic rings. The molecule has 0 bridgehead atoms. The molecule has 0 spiro atoms. The van der Waals surface area contributed by atoms with E-state index in [-0.39, 0.29) is 29.7 Å². The van der Waals surface area contributed by atoms with Crippen LogP contribution in [0, 0.1) is 5.92 Å². The van der Waals surface area contributed by atoms with E-state index in [1.807, 2.05) is 6.07 Å². The molecule has 10 heteroatoms. The number of halogens is 3. The van der Waals surface area contributed by atoms with E-state index in [0.29, 0.717) is 29.7 Å². The predicted molar refractivity (Wildman–Crippen MR) is 107 cm³/mol. The first-order chi connectivity index (χ1) is 14.9. The van der Waals surface area contributed by atoms with Gasteiger partial charge in [0.1, 0.15) is 11.3 Å². The highest BCUT2D eigenvalue weighted by atomic mass is 19.4. The highest BCUT2D eigenvalue weighted by Gasteiger charge is 2.43. The van der Waals surface area contributed by atoms with Gasteiger partial charge in [-0.3, -0.25) is 15.1 Å². The average molecular weight is 427 g/mol. The van der Waals surface area contributed by atoms with Crippen LogP contribution in [0.3, 0.4) is 0 Å². The average Bonchev–Trinajstić information content (AvgIpc) is 3.15. The third-order valence-corrected chi connectivity index (χ3v) is 5.38. The summed E-state index contributed by atoms with van der Waals surface area (Å²) in [5.74, 6) is -0.959. The lowest BCUT2D eigenvalue weighted by molar-refractivity contribution is -0.139. The van der Waals surface area contributed by atoms with Crippen molar-refractivity contribution in [3.05, 3.63) is 53.9 Å². The minimum Gasteiger partial charge on any atom is -0.423 e. The largest absolute Gasteiger partial charge is 0.423 e. The summed E-state index contributed by atoms with van der Waals surface area (Å²) < 4.78 is 46.6. The number of guanidine groups is 1. The number of pyridine rings is 1. The smallest absolute Gasteiger partial charge is 0.416 e. The van der Waals surface area contributed by atoms with Crippen LogP contribution >= 0.6 is 0 Å². The van der Waals surface area contributed by atoms with Gasteiger partial charge in [0.15, 0.2) is 5.58 Å². The Morgan fingerprint density at radius 2 is 1.97 bits per heavy atom. The number of anilines is 1. The van der Waals surface area contributed by atoms with Crippen molar-refractivity contribution in [3.63, 3.8) is 0 Å². The van der Waals surface area contributed by atoms with E-state index >= 15 is 0 Å². The van der Waals surface area contributed by atoms with Crippen LogP contribution in [0.5, 0.6) is 0 Å². The SMILES string of the molecule is O=C1CCCC2=NC(Nc3nc4ccccc4o3)=NC(c3cnccc3C(F)(F)F)C12. The molecule has 31 heavy (non-hydrogen) atoms. The van der Waals surface area contributed by atoms with Gasteiger partial charge in [0, 0.05) is 30.1 Å². The van der Waals surface area contributed by atoms with E-state index in [2.05, 4.69) is 25.3 Å². The molecular weight excluding hydrogens is 411 g/mol. The van der Waals surface area contributed by atoms with Gasteiger partial charge in [0.2, 0.25) is 5.96 Å². The van der Waals surface area contributed by atoms with Gasteiger partial charge in [0.25, 0.3) is 0 Å². The van der Waals surface area contributed by atoms with Gasteiger partial charge in [-0.15, -0.1) is 0 Å². The molecule has 3 heterocycles. The summed E-state index contributed by atoms with van der Waals surface area (Å²) in [6.07, 6.45) is -1.02. The van der Waals surface area contributed by atoms with Crippen LogP contribution in [-0.4, -0.2) is 27.4 Å². The second kappa shape index (κ2) is 7.29. The number of aliphatic imine (C=N–C) groups is 2. The summed E-state index contributed by atoms with van der Waals surface area (Å²) in [6.45, 7) is 0. The topological polar surface area (TPSA) is 92.7 Å². The molecule has 1 saturated carbocycles. The van der Waals surface area contributed by atoms with E-state index in [9.17, 15) is 18.0 Å². The molecule has 1 aliphatic carbocycles. The fourth-order valence-corrected chi connectivity index (χ4v) is 4.03. The number of hydrogen-bond acceptors (Lipinski definition) is 7. The maximum atomic E-state index is 13.7. The fourth-order valence-electron chi connectivity index (χ4n) is 4.03. The van der Waals surface area contributed by atoms with Crippen molar-refractivity contribution in [1.82, 2.24) is 9.97 Å². The fraction of sp³-hybridized carbons (Fsp3) is 0.286. The normalized spacial score (nSPS) is 21.5. The Kier molecular flexibility index (Phi) is 4.57. The number of nitrogens with one attached hydrogen (secondary N) is 1. The summed E-state index contributed by atoms with van der Waals surface area (Å²) in [6, 6.07) is 7.04. The minimum absolute atomic E-state index is 0.0504. The third-order valence-electron chi connectivity index (χ3n) is 5.38. The minimum atomic E-state index is -4.60. The quantitative estimate of drug-likeness (QED) is 0.647. The molecule has 1 aromatic carbocycles. The number of Topliss-reactive ketones (excluding diaryl/α,β-unsaturated/α-hetero) is 1. The number of para-hydroxylation sites is 2. The van der Waals surface area contributed by atoms with E-state index in [0.717, 1.165) is 18.5 Å². The summed E-state index contributed by atoms with van der Waals surface area (Å²) in [5, 5.41) is 2.85. The Bertz CT molecular complexity index is 1200. The molecule has 158 valence electrons. The van der Waals surface area contributed by atoms with Crippen LogP contribution < -0.4 is 5.32 Å². The van der Waals surface area contributed by atoms with E-state index in [4.69, 9.17) is 4.42 Å². The molecule has 2 unspecified atom stereocenters. The molecule has 3 aromatic rings. The lowest BCUT2D eigenvalue weighted by atomic mass is 9.77. The number of nitrogens with zero attached hydrogens (tertiary/aromatic N) is 4. The van der Waals surface area contributed by atoms with Gasteiger partial charge in [-0.2, -0.15) is 18.2 Å². The lowest BCUT2D eigenvalue weighted by Crippen LogP contribution is -2.38. The number of hydrogen-bond donors (Lipinski definition) is 1. The predicted octanol–water partition coefficient (Wildman–Crippen LogP) is 4.57. The van der Waals surface area contributed by atoms with Crippen LogP contribution in [0.25, 0.3) is 11.1 Å². The molecule has 1 aliphatic heterocycles.